The van der Waals surface area contributed by atoms with Gasteiger partial charge in [0.05, 0.1) is 4.47 Å². The predicted molar refractivity (Wildman–Crippen MR) is 62.7 cm³/mol. The van der Waals surface area contributed by atoms with Crippen LogP contribution in [0.15, 0.2) is 22.7 Å². The number of carbonyl (C=O) groups is 1. The number of Topliss-reactive ketones (excluding diaryl/α,β-unsaturated/α-hetero) is 1. The van der Waals surface area contributed by atoms with Gasteiger partial charge in [0, 0.05) is 12.7 Å². The van der Waals surface area contributed by atoms with Crippen molar-refractivity contribution in [1.82, 2.24) is 0 Å². The first-order valence-electron chi connectivity index (χ1n) is 4.68. The molecule has 0 spiro atoms. The highest BCUT2D eigenvalue weighted by molar-refractivity contribution is 9.10. The molecule has 1 atom stereocenters. The molecule has 0 amide bonds. The van der Waals surface area contributed by atoms with Crippen molar-refractivity contribution in [2.45, 2.75) is 13.2 Å². The molecule has 1 rings (SSSR count). The average Bonchev–Trinajstić information content (AvgIpc) is 2.26. The average molecular weight is 289 g/mol. The molecule has 0 radical (unpaired) electrons. The van der Waals surface area contributed by atoms with Crippen LogP contribution in [-0.2, 0) is 4.74 Å². The summed E-state index contributed by atoms with van der Waals surface area (Å²) in [5, 5.41) is 9.14. The summed E-state index contributed by atoms with van der Waals surface area (Å²) in [6, 6.07) is 5.02. The van der Waals surface area contributed by atoms with E-state index in [0.717, 1.165) is 0 Å². The van der Waals surface area contributed by atoms with Crippen LogP contribution in [0.2, 0.25) is 0 Å². The van der Waals surface area contributed by atoms with Gasteiger partial charge in [0.15, 0.2) is 12.1 Å². The Balaban J connectivity index is 2.72. The van der Waals surface area contributed by atoms with Crippen LogP contribution in [0.3, 0.4) is 0 Å². The van der Waals surface area contributed by atoms with Gasteiger partial charge in [0.1, 0.15) is 12.4 Å². The number of hydrogen-bond acceptors (Lipinski definition) is 4. The summed E-state index contributed by atoms with van der Waals surface area (Å²) >= 11 is 3.29. The Morgan fingerprint density at radius 3 is 2.75 bits per heavy atom. The number of carbonyl (C=O) groups excluding carboxylic acids is 1. The zero-order chi connectivity index (χ0) is 12.1. The summed E-state index contributed by atoms with van der Waals surface area (Å²) in [5.41, 5.74) is 0.603. The van der Waals surface area contributed by atoms with E-state index in [1.54, 1.807) is 18.2 Å². The molecule has 1 N–H and O–H groups in total. The number of aliphatic hydroxyl groups excluding tert-OH is 1. The first-order valence-corrected chi connectivity index (χ1v) is 5.48. The molecule has 16 heavy (non-hydrogen) atoms. The second kappa shape index (κ2) is 5.98. The summed E-state index contributed by atoms with van der Waals surface area (Å²) < 4.78 is 10.6. The third-order valence-electron chi connectivity index (χ3n) is 1.99. The van der Waals surface area contributed by atoms with Crippen LogP contribution in [-0.4, -0.2) is 30.9 Å². The summed E-state index contributed by atoms with van der Waals surface area (Å²) in [6.07, 6.45) is -0.959. The monoisotopic (exact) mass is 288 g/mol. The van der Waals surface area contributed by atoms with Crippen LogP contribution in [0.5, 0.6) is 5.75 Å². The molecule has 1 unspecified atom stereocenters. The van der Waals surface area contributed by atoms with E-state index in [1.807, 2.05) is 0 Å². The van der Waals surface area contributed by atoms with Crippen LogP contribution in [0.25, 0.3) is 0 Å². The zero-order valence-corrected chi connectivity index (χ0v) is 10.7. The van der Waals surface area contributed by atoms with Gasteiger partial charge in [0.2, 0.25) is 0 Å². The normalized spacial score (nSPS) is 12.2. The van der Waals surface area contributed by atoms with Crippen molar-refractivity contribution in [3.63, 3.8) is 0 Å². The number of ketones is 1. The molecule has 1 aromatic rings. The fourth-order valence-corrected chi connectivity index (χ4v) is 1.56. The van der Waals surface area contributed by atoms with Crippen molar-refractivity contribution in [3.8, 4) is 5.75 Å². The molecule has 0 saturated heterocycles. The molecule has 0 aliphatic heterocycles. The number of ether oxygens (including phenoxy) is 2. The first kappa shape index (κ1) is 13.2. The number of aliphatic hydroxyl groups is 1. The van der Waals surface area contributed by atoms with Crippen molar-refractivity contribution in [2.24, 2.45) is 0 Å². The van der Waals surface area contributed by atoms with Gasteiger partial charge >= 0.3 is 0 Å². The molecular weight excluding hydrogens is 276 g/mol. The van der Waals surface area contributed by atoms with Crippen LogP contribution < -0.4 is 4.74 Å². The van der Waals surface area contributed by atoms with E-state index >= 15 is 0 Å². The largest absolute Gasteiger partial charge is 0.487 e. The molecule has 0 saturated carbocycles. The smallest absolute Gasteiger partial charge is 0.188 e. The Morgan fingerprint density at radius 1 is 1.56 bits per heavy atom. The Labute approximate surface area is 102 Å². The van der Waals surface area contributed by atoms with Gasteiger partial charge in [-0.1, -0.05) is 0 Å². The third kappa shape index (κ3) is 3.59. The number of hydrogen-bond donors (Lipinski definition) is 1. The molecule has 88 valence electrons. The van der Waals surface area contributed by atoms with E-state index < -0.39 is 6.29 Å². The van der Waals surface area contributed by atoms with Crippen molar-refractivity contribution < 1.29 is 19.4 Å². The minimum atomic E-state index is -0.959. The Hall–Kier alpha value is -0.910. The number of benzene rings is 1. The van der Waals surface area contributed by atoms with E-state index in [4.69, 9.17) is 9.84 Å². The third-order valence-corrected chi connectivity index (χ3v) is 2.61. The number of halogens is 1. The molecule has 1 aromatic carbocycles. The number of rotatable bonds is 5. The Bertz CT molecular complexity index is 378. The molecule has 4 nitrogen and oxygen atoms in total. The quantitative estimate of drug-likeness (QED) is 0.665. The van der Waals surface area contributed by atoms with E-state index in [2.05, 4.69) is 20.7 Å². The molecule has 0 aromatic heterocycles. The maximum Gasteiger partial charge on any atom is 0.188 e. The lowest BCUT2D eigenvalue weighted by Crippen LogP contribution is -2.19. The van der Waals surface area contributed by atoms with Gasteiger partial charge < -0.3 is 14.6 Å². The summed E-state index contributed by atoms with van der Waals surface area (Å²) in [5.74, 6) is 0.547. The van der Waals surface area contributed by atoms with Crippen LogP contribution in [0, 0.1) is 0 Å². The van der Waals surface area contributed by atoms with Crippen LogP contribution in [0.4, 0.5) is 0 Å². The standard InChI is InChI=1S/C11H13BrO4/c1-7(13)8-3-4-10(9(12)5-8)16-6-11(14)15-2/h3-5,11,14H,6H2,1-2H3. The lowest BCUT2D eigenvalue weighted by molar-refractivity contribution is -0.0969. The molecule has 5 heteroatoms. The van der Waals surface area contributed by atoms with Gasteiger partial charge in [-0.2, -0.15) is 0 Å². The van der Waals surface area contributed by atoms with Crippen molar-refractivity contribution in [3.05, 3.63) is 28.2 Å². The minimum absolute atomic E-state index is 0.0100. The SMILES string of the molecule is COC(O)COc1ccc(C(C)=O)cc1Br. The van der Waals surface area contributed by atoms with Crippen LogP contribution >= 0.6 is 15.9 Å². The van der Waals surface area contributed by atoms with Crippen LogP contribution in [0.1, 0.15) is 17.3 Å². The Morgan fingerprint density at radius 2 is 2.25 bits per heavy atom. The molecule has 0 fully saturated rings. The topological polar surface area (TPSA) is 55.8 Å². The fraction of sp³-hybridized carbons (Fsp3) is 0.364. The van der Waals surface area contributed by atoms with E-state index in [0.29, 0.717) is 15.8 Å². The zero-order valence-electron chi connectivity index (χ0n) is 9.07. The highest BCUT2D eigenvalue weighted by Gasteiger charge is 2.08. The molecule has 0 heterocycles. The number of methoxy groups -OCH3 is 1. The summed E-state index contributed by atoms with van der Waals surface area (Å²) in [7, 11) is 1.39. The second-order valence-corrected chi connectivity index (χ2v) is 4.06. The lowest BCUT2D eigenvalue weighted by atomic mass is 10.1. The van der Waals surface area contributed by atoms with Crippen molar-refractivity contribution in [2.75, 3.05) is 13.7 Å². The second-order valence-electron chi connectivity index (χ2n) is 3.20. The maximum absolute atomic E-state index is 11.1. The summed E-state index contributed by atoms with van der Waals surface area (Å²) in [6.45, 7) is 1.53. The molecule has 0 aliphatic rings. The Kier molecular flexibility index (Phi) is 4.92. The van der Waals surface area contributed by atoms with Gasteiger partial charge in [-0.15, -0.1) is 0 Å². The van der Waals surface area contributed by atoms with E-state index in [9.17, 15) is 4.79 Å². The molecular formula is C11H13BrO4. The van der Waals surface area contributed by atoms with Crippen molar-refractivity contribution in [1.29, 1.82) is 0 Å². The minimum Gasteiger partial charge on any atom is -0.487 e. The van der Waals surface area contributed by atoms with E-state index in [-0.39, 0.29) is 12.4 Å². The maximum atomic E-state index is 11.1. The lowest BCUT2D eigenvalue weighted by Gasteiger charge is -2.12. The molecule has 0 bridgehead atoms. The highest BCUT2D eigenvalue weighted by atomic mass is 79.9. The van der Waals surface area contributed by atoms with Crippen molar-refractivity contribution >= 4 is 21.7 Å². The summed E-state index contributed by atoms with van der Waals surface area (Å²) in [4.78, 5) is 11.1. The van der Waals surface area contributed by atoms with Gasteiger partial charge in [0.25, 0.3) is 0 Å². The highest BCUT2D eigenvalue weighted by Crippen LogP contribution is 2.26. The van der Waals surface area contributed by atoms with Gasteiger partial charge in [-0.05, 0) is 41.1 Å². The first-order chi connectivity index (χ1) is 7.54. The fourth-order valence-electron chi connectivity index (χ4n) is 1.07. The van der Waals surface area contributed by atoms with Gasteiger partial charge in [-0.25, -0.2) is 0 Å². The van der Waals surface area contributed by atoms with E-state index in [1.165, 1.54) is 14.0 Å². The molecule has 0 aliphatic carbocycles. The predicted octanol–water partition coefficient (Wildman–Crippen LogP) is 2.00. The van der Waals surface area contributed by atoms with Gasteiger partial charge in [-0.3, -0.25) is 4.79 Å².